The number of anilines is 1. The van der Waals surface area contributed by atoms with E-state index in [2.05, 4.69) is 34.4 Å². The molecule has 2 N–H and O–H groups in total. The minimum atomic E-state index is -0.248. The normalized spacial score (nSPS) is 18.3. The van der Waals surface area contributed by atoms with Gasteiger partial charge in [0.2, 0.25) is 5.91 Å². The van der Waals surface area contributed by atoms with Crippen molar-refractivity contribution in [2.45, 2.75) is 26.4 Å². The summed E-state index contributed by atoms with van der Waals surface area (Å²) in [7, 11) is 0. The Morgan fingerprint density at radius 2 is 2.29 bits per heavy atom. The van der Waals surface area contributed by atoms with E-state index in [1.165, 1.54) is 0 Å². The molecule has 6 heteroatoms. The van der Waals surface area contributed by atoms with Gasteiger partial charge in [-0.15, -0.1) is 0 Å². The van der Waals surface area contributed by atoms with Crippen LogP contribution in [0.5, 0.6) is 0 Å². The lowest BCUT2D eigenvalue weighted by molar-refractivity contribution is -0.126. The minimum Gasteiger partial charge on any atom is -0.378 e. The molecule has 0 aliphatic carbocycles. The molecule has 1 fully saturated rings. The Balaban J connectivity index is 1.84. The Morgan fingerprint density at radius 1 is 1.48 bits per heavy atom. The van der Waals surface area contributed by atoms with Gasteiger partial charge in [-0.2, -0.15) is 0 Å². The maximum Gasteiger partial charge on any atom is 0.239 e. The number of nitrogens with zero attached hydrogens (tertiary/aromatic N) is 2. The molecule has 1 aromatic heterocycles. The van der Waals surface area contributed by atoms with E-state index in [9.17, 15) is 4.79 Å². The van der Waals surface area contributed by atoms with E-state index in [0.29, 0.717) is 19.8 Å². The second-order valence-corrected chi connectivity index (χ2v) is 5.00. The highest BCUT2D eigenvalue weighted by atomic mass is 16.5. The van der Waals surface area contributed by atoms with Crippen molar-refractivity contribution in [3.63, 3.8) is 0 Å². The Bertz CT molecular complexity index is 439. The van der Waals surface area contributed by atoms with E-state index >= 15 is 0 Å². The van der Waals surface area contributed by atoms with Crippen molar-refractivity contribution in [3.8, 4) is 0 Å². The van der Waals surface area contributed by atoms with Gasteiger partial charge in [-0.25, -0.2) is 4.98 Å². The van der Waals surface area contributed by atoms with Crippen molar-refractivity contribution < 1.29 is 9.53 Å². The lowest BCUT2D eigenvalue weighted by atomic mass is 10.2. The first-order valence-electron chi connectivity index (χ1n) is 7.53. The molecule has 0 spiro atoms. The third kappa shape index (κ3) is 4.41. The van der Waals surface area contributed by atoms with Crippen LogP contribution in [0, 0.1) is 0 Å². The zero-order valence-electron chi connectivity index (χ0n) is 12.8. The van der Waals surface area contributed by atoms with E-state index in [4.69, 9.17) is 4.74 Å². The number of hydrogen-bond acceptors (Lipinski definition) is 5. The molecular weight excluding hydrogens is 268 g/mol. The SMILES string of the molecule is CCN(CC)c1ccc(CNC(=O)C2COCCN2)cn1. The number of carbonyl (C=O) groups is 1. The van der Waals surface area contributed by atoms with Crippen LogP contribution in [0.4, 0.5) is 5.82 Å². The van der Waals surface area contributed by atoms with Gasteiger partial charge in [-0.3, -0.25) is 4.79 Å². The third-order valence-corrected chi connectivity index (χ3v) is 3.60. The highest BCUT2D eigenvalue weighted by Gasteiger charge is 2.20. The maximum atomic E-state index is 12.0. The third-order valence-electron chi connectivity index (χ3n) is 3.60. The van der Waals surface area contributed by atoms with Gasteiger partial charge in [0, 0.05) is 32.4 Å². The molecule has 1 atom stereocenters. The number of ether oxygens (including phenoxy) is 1. The molecule has 0 aromatic carbocycles. The van der Waals surface area contributed by atoms with Gasteiger partial charge in [-0.05, 0) is 25.5 Å². The molecule has 2 rings (SSSR count). The molecule has 1 aliphatic rings. The molecule has 0 saturated carbocycles. The van der Waals surface area contributed by atoms with Crippen LogP contribution in [0.3, 0.4) is 0 Å². The average Bonchev–Trinajstić information content (AvgIpc) is 2.55. The summed E-state index contributed by atoms with van der Waals surface area (Å²) in [4.78, 5) is 18.6. The molecule has 0 bridgehead atoms. The summed E-state index contributed by atoms with van der Waals surface area (Å²) < 4.78 is 5.28. The average molecular weight is 292 g/mol. The first-order valence-corrected chi connectivity index (χ1v) is 7.53. The van der Waals surface area contributed by atoms with E-state index in [0.717, 1.165) is 31.0 Å². The molecule has 2 heterocycles. The summed E-state index contributed by atoms with van der Waals surface area (Å²) in [5.41, 5.74) is 0.996. The van der Waals surface area contributed by atoms with Gasteiger partial charge >= 0.3 is 0 Å². The Kier molecular flexibility index (Phi) is 5.95. The zero-order chi connectivity index (χ0) is 15.1. The van der Waals surface area contributed by atoms with Gasteiger partial charge < -0.3 is 20.3 Å². The number of amides is 1. The summed E-state index contributed by atoms with van der Waals surface area (Å²) in [6.07, 6.45) is 1.82. The predicted molar refractivity (Wildman–Crippen MR) is 82.3 cm³/mol. The fraction of sp³-hybridized carbons (Fsp3) is 0.600. The Labute approximate surface area is 125 Å². The van der Waals surface area contributed by atoms with Gasteiger partial charge in [0.05, 0.1) is 13.2 Å². The van der Waals surface area contributed by atoms with Crippen LogP contribution in [0.15, 0.2) is 18.3 Å². The van der Waals surface area contributed by atoms with Crippen LogP contribution < -0.4 is 15.5 Å². The first kappa shape index (κ1) is 15.7. The number of nitrogens with one attached hydrogen (secondary N) is 2. The Morgan fingerprint density at radius 3 is 2.86 bits per heavy atom. The largest absolute Gasteiger partial charge is 0.378 e. The fourth-order valence-electron chi connectivity index (χ4n) is 2.30. The molecule has 1 amide bonds. The molecule has 6 nitrogen and oxygen atoms in total. The fourth-order valence-corrected chi connectivity index (χ4v) is 2.30. The maximum absolute atomic E-state index is 12.0. The number of aromatic nitrogens is 1. The highest BCUT2D eigenvalue weighted by Crippen LogP contribution is 2.10. The van der Waals surface area contributed by atoms with E-state index in [1.54, 1.807) is 0 Å². The van der Waals surface area contributed by atoms with Crippen molar-refractivity contribution in [1.82, 2.24) is 15.6 Å². The number of carbonyl (C=O) groups excluding carboxylic acids is 1. The summed E-state index contributed by atoms with van der Waals surface area (Å²) in [5.74, 6) is 0.944. The predicted octanol–water partition coefficient (Wildman–Crippen LogP) is 0.532. The van der Waals surface area contributed by atoms with Crippen LogP contribution in [-0.2, 0) is 16.1 Å². The van der Waals surface area contributed by atoms with Gasteiger partial charge in [0.25, 0.3) is 0 Å². The van der Waals surface area contributed by atoms with E-state index < -0.39 is 0 Å². The number of rotatable bonds is 6. The van der Waals surface area contributed by atoms with Crippen LogP contribution >= 0.6 is 0 Å². The van der Waals surface area contributed by atoms with Crippen LogP contribution in [0.2, 0.25) is 0 Å². The second-order valence-electron chi connectivity index (χ2n) is 5.00. The number of pyridine rings is 1. The quantitative estimate of drug-likeness (QED) is 0.801. The van der Waals surface area contributed by atoms with Crippen LogP contribution in [0.25, 0.3) is 0 Å². The summed E-state index contributed by atoms with van der Waals surface area (Å²) in [6, 6.07) is 3.75. The zero-order valence-corrected chi connectivity index (χ0v) is 12.8. The van der Waals surface area contributed by atoms with Gasteiger partial charge in [0.1, 0.15) is 11.9 Å². The van der Waals surface area contributed by atoms with Gasteiger partial charge in [0.15, 0.2) is 0 Å². The van der Waals surface area contributed by atoms with E-state index in [1.807, 2.05) is 18.3 Å². The summed E-state index contributed by atoms with van der Waals surface area (Å²) in [6.45, 7) is 8.41. The highest BCUT2D eigenvalue weighted by molar-refractivity contribution is 5.81. The molecular formula is C15H24N4O2. The Hall–Kier alpha value is -1.66. The lowest BCUT2D eigenvalue weighted by Crippen LogP contribution is -2.51. The molecule has 0 radical (unpaired) electrons. The van der Waals surface area contributed by atoms with E-state index in [-0.39, 0.29) is 11.9 Å². The molecule has 1 saturated heterocycles. The van der Waals surface area contributed by atoms with Crippen molar-refractivity contribution in [2.24, 2.45) is 0 Å². The standard InChI is InChI=1S/C15H24N4O2/c1-3-19(4-2)14-6-5-12(9-17-14)10-18-15(20)13-11-21-8-7-16-13/h5-6,9,13,16H,3-4,7-8,10-11H2,1-2H3,(H,18,20). The van der Waals surface area contributed by atoms with Crippen molar-refractivity contribution in [1.29, 1.82) is 0 Å². The summed E-state index contributed by atoms with van der Waals surface area (Å²) in [5, 5.41) is 6.05. The number of morpholine rings is 1. The molecule has 1 unspecified atom stereocenters. The van der Waals surface area contributed by atoms with Gasteiger partial charge in [-0.1, -0.05) is 6.07 Å². The molecule has 1 aromatic rings. The minimum absolute atomic E-state index is 0.0254. The van der Waals surface area contributed by atoms with Crippen molar-refractivity contribution >= 4 is 11.7 Å². The second kappa shape index (κ2) is 7.95. The molecule has 1 aliphatic heterocycles. The lowest BCUT2D eigenvalue weighted by Gasteiger charge is -2.23. The van der Waals surface area contributed by atoms with Crippen LogP contribution in [-0.4, -0.2) is 49.8 Å². The van der Waals surface area contributed by atoms with Crippen molar-refractivity contribution in [2.75, 3.05) is 37.7 Å². The first-order chi connectivity index (χ1) is 10.2. The monoisotopic (exact) mass is 292 g/mol. The van der Waals surface area contributed by atoms with Crippen molar-refractivity contribution in [3.05, 3.63) is 23.9 Å². The number of hydrogen-bond donors (Lipinski definition) is 2. The summed E-state index contributed by atoms with van der Waals surface area (Å²) >= 11 is 0. The topological polar surface area (TPSA) is 66.5 Å². The molecule has 116 valence electrons. The van der Waals surface area contributed by atoms with Crippen LogP contribution in [0.1, 0.15) is 19.4 Å². The smallest absolute Gasteiger partial charge is 0.239 e. The molecule has 21 heavy (non-hydrogen) atoms.